The van der Waals surface area contributed by atoms with E-state index in [1.54, 1.807) is 23.5 Å². The van der Waals surface area contributed by atoms with Crippen molar-refractivity contribution in [3.05, 3.63) is 47.0 Å². The first-order valence-corrected chi connectivity index (χ1v) is 12.1. The quantitative estimate of drug-likeness (QED) is 0.510. The van der Waals surface area contributed by atoms with Gasteiger partial charge in [-0.1, -0.05) is 12.1 Å². The molecule has 1 aliphatic rings. The van der Waals surface area contributed by atoms with Crippen LogP contribution in [0.25, 0.3) is 10.2 Å². The van der Waals surface area contributed by atoms with Crippen LogP contribution in [0.15, 0.2) is 36.4 Å². The summed E-state index contributed by atoms with van der Waals surface area (Å²) >= 11 is 1.66. The second-order valence-corrected chi connectivity index (χ2v) is 9.20. The summed E-state index contributed by atoms with van der Waals surface area (Å²) in [5.74, 6) is 0.695. The van der Waals surface area contributed by atoms with Crippen LogP contribution in [0.1, 0.15) is 47.5 Å². The first-order chi connectivity index (χ1) is 16.1. The molecule has 1 aliphatic heterocycles. The molecule has 1 N–H and O–H groups in total. The number of benzene rings is 2. The highest BCUT2D eigenvalue weighted by Crippen LogP contribution is 2.34. The molecule has 1 fully saturated rings. The number of nitrogens with one attached hydrogen (secondary N) is 1. The van der Waals surface area contributed by atoms with Crippen molar-refractivity contribution >= 4 is 39.1 Å². The number of anilines is 1. The maximum Gasteiger partial charge on any atom is 0.256 e. The Bertz CT molecular complexity index is 1100. The Labute approximate surface area is 197 Å². The number of rotatable bonds is 8. The summed E-state index contributed by atoms with van der Waals surface area (Å²) < 4.78 is 12.0. The van der Waals surface area contributed by atoms with Gasteiger partial charge in [-0.15, -0.1) is 11.3 Å². The Morgan fingerprint density at radius 3 is 2.52 bits per heavy atom. The minimum Gasteiger partial charge on any atom is -0.493 e. The predicted molar refractivity (Wildman–Crippen MR) is 130 cm³/mol. The number of methoxy groups -OCH3 is 2. The molecule has 4 rings (SSSR count). The highest BCUT2D eigenvalue weighted by Gasteiger charge is 2.24. The summed E-state index contributed by atoms with van der Waals surface area (Å²) in [6.45, 7) is 1.45. The van der Waals surface area contributed by atoms with Gasteiger partial charge in [0.2, 0.25) is 5.91 Å². The van der Waals surface area contributed by atoms with Crippen LogP contribution in [0, 0.1) is 0 Å². The van der Waals surface area contributed by atoms with Gasteiger partial charge in [-0.3, -0.25) is 9.59 Å². The fourth-order valence-corrected chi connectivity index (χ4v) is 5.08. The maximum absolute atomic E-state index is 13.2. The molecule has 1 saturated heterocycles. The fourth-order valence-electron chi connectivity index (χ4n) is 4.07. The summed E-state index contributed by atoms with van der Waals surface area (Å²) in [5, 5.41) is 3.95. The number of hydrogen-bond donors (Lipinski definition) is 1. The first kappa shape index (κ1) is 23.0. The number of carbonyl (C=O) groups is 2. The lowest BCUT2D eigenvalue weighted by Gasteiger charge is -2.28. The SMILES string of the molecule is COc1cc(NC(=O)CCCc2nc3ccccc3s2)c(C(=O)N2CCCCC2)cc1OC. The van der Waals surface area contributed by atoms with Crippen LogP contribution < -0.4 is 14.8 Å². The van der Waals surface area contributed by atoms with Gasteiger partial charge in [0.1, 0.15) is 0 Å². The van der Waals surface area contributed by atoms with Crippen molar-refractivity contribution in [2.24, 2.45) is 0 Å². The molecule has 3 aromatic rings. The molecule has 0 bridgehead atoms. The lowest BCUT2D eigenvalue weighted by atomic mass is 10.1. The Kier molecular flexibility index (Phi) is 7.44. The zero-order valence-electron chi connectivity index (χ0n) is 19.1. The molecule has 0 radical (unpaired) electrons. The number of likely N-dealkylation sites (tertiary alicyclic amines) is 1. The molecule has 7 nitrogen and oxygen atoms in total. The maximum atomic E-state index is 13.2. The molecule has 0 spiro atoms. The van der Waals surface area contributed by atoms with Gasteiger partial charge >= 0.3 is 0 Å². The normalized spacial score (nSPS) is 13.7. The van der Waals surface area contributed by atoms with E-state index in [-0.39, 0.29) is 11.8 Å². The fraction of sp³-hybridized carbons (Fsp3) is 0.400. The molecule has 174 valence electrons. The van der Waals surface area contributed by atoms with Gasteiger partial charge in [0.15, 0.2) is 11.5 Å². The summed E-state index contributed by atoms with van der Waals surface area (Å²) in [6.07, 6.45) is 4.86. The van der Waals surface area contributed by atoms with E-state index in [4.69, 9.17) is 9.47 Å². The van der Waals surface area contributed by atoms with Gasteiger partial charge in [0.05, 0.1) is 40.7 Å². The topological polar surface area (TPSA) is 80.8 Å². The first-order valence-electron chi connectivity index (χ1n) is 11.3. The zero-order chi connectivity index (χ0) is 23.2. The number of amides is 2. The third-order valence-electron chi connectivity index (χ3n) is 5.80. The third-order valence-corrected chi connectivity index (χ3v) is 6.90. The lowest BCUT2D eigenvalue weighted by Crippen LogP contribution is -2.36. The van der Waals surface area contributed by atoms with E-state index in [0.717, 1.165) is 54.0 Å². The Morgan fingerprint density at radius 1 is 1.06 bits per heavy atom. The van der Waals surface area contributed by atoms with Crippen LogP contribution >= 0.6 is 11.3 Å². The third kappa shape index (κ3) is 5.45. The van der Waals surface area contributed by atoms with Crippen LogP contribution in [0.3, 0.4) is 0 Å². The minimum absolute atomic E-state index is 0.0968. The number of aromatic nitrogens is 1. The molecule has 2 amide bonds. The number of ether oxygens (including phenoxy) is 2. The lowest BCUT2D eigenvalue weighted by molar-refractivity contribution is -0.116. The number of fused-ring (bicyclic) bond motifs is 1. The molecule has 33 heavy (non-hydrogen) atoms. The molecule has 2 heterocycles. The van der Waals surface area contributed by atoms with Gasteiger partial charge in [0.25, 0.3) is 5.91 Å². The summed E-state index contributed by atoms with van der Waals surface area (Å²) in [4.78, 5) is 32.5. The van der Waals surface area contributed by atoms with Crippen molar-refractivity contribution in [3.8, 4) is 11.5 Å². The van der Waals surface area contributed by atoms with Crippen LogP contribution in [-0.4, -0.2) is 49.0 Å². The van der Waals surface area contributed by atoms with E-state index in [0.29, 0.717) is 35.6 Å². The number of para-hydroxylation sites is 1. The van der Waals surface area contributed by atoms with E-state index >= 15 is 0 Å². The Morgan fingerprint density at radius 2 is 1.79 bits per heavy atom. The second kappa shape index (κ2) is 10.7. The van der Waals surface area contributed by atoms with Crippen LogP contribution in [0.5, 0.6) is 11.5 Å². The number of carbonyl (C=O) groups excluding carboxylic acids is 2. The van der Waals surface area contributed by atoms with E-state index in [9.17, 15) is 9.59 Å². The van der Waals surface area contributed by atoms with Crippen molar-refractivity contribution in [3.63, 3.8) is 0 Å². The average Bonchev–Trinajstić information content (AvgIpc) is 3.26. The van der Waals surface area contributed by atoms with Crippen molar-refractivity contribution in [1.82, 2.24) is 9.88 Å². The average molecular weight is 468 g/mol. The molecule has 2 aromatic carbocycles. The largest absolute Gasteiger partial charge is 0.493 e. The van der Waals surface area contributed by atoms with Crippen molar-refractivity contribution in [2.45, 2.75) is 38.5 Å². The molecule has 0 atom stereocenters. The Hall–Kier alpha value is -3.13. The number of hydrogen-bond acceptors (Lipinski definition) is 6. The standard InChI is InChI=1S/C25H29N3O4S/c1-31-20-15-17(25(30)28-13-6-3-7-14-28)19(16-21(20)32-2)26-23(29)11-8-12-24-27-18-9-4-5-10-22(18)33-24/h4-5,9-10,15-16H,3,6-8,11-14H2,1-2H3,(H,26,29). The molecule has 1 aromatic heterocycles. The Balaban J connectivity index is 1.45. The van der Waals surface area contributed by atoms with E-state index in [1.165, 1.54) is 14.2 Å². The van der Waals surface area contributed by atoms with E-state index in [1.807, 2.05) is 23.1 Å². The van der Waals surface area contributed by atoms with Gasteiger partial charge < -0.3 is 19.7 Å². The van der Waals surface area contributed by atoms with Crippen LogP contribution in [-0.2, 0) is 11.2 Å². The number of thiazole rings is 1. The zero-order valence-corrected chi connectivity index (χ0v) is 19.9. The number of nitrogens with zero attached hydrogens (tertiary/aromatic N) is 2. The minimum atomic E-state index is -0.143. The second-order valence-electron chi connectivity index (χ2n) is 8.08. The highest BCUT2D eigenvalue weighted by atomic mass is 32.1. The van der Waals surface area contributed by atoms with Gasteiger partial charge in [-0.05, 0) is 50.3 Å². The van der Waals surface area contributed by atoms with E-state index in [2.05, 4.69) is 16.4 Å². The number of aryl methyl sites for hydroxylation is 1. The van der Waals surface area contributed by atoms with Crippen molar-refractivity contribution in [2.75, 3.05) is 32.6 Å². The molecule has 8 heteroatoms. The van der Waals surface area contributed by atoms with Crippen molar-refractivity contribution in [1.29, 1.82) is 0 Å². The van der Waals surface area contributed by atoms with Crippen molar-refractivity contribution < 1.29 is 19.1 Å². The van der Waals surface area contributed by atoms with Gasteiger partial charge in [-0.25, -0.2) is 4.98 Å². The summed E-state index contributed by atoms with van der Waals surface area (Å²) in [5.41, 5.74) is 1.87. The summed E-state index contributed by atoms with van der Waals surface area (Å²) in [6, 6.07) is 11.4. The van der Waals surface area contributed by atoms with Gasteiger partial charge in [0, 0.05) is 25.6 Å². The number of piperidine rings is 1. The molecule has 0 unspecified atom stereocenters. The predicted octanol–water partition coefficient (Wildman–Crippen LogP) is 4.90. The summed E-state index contributed by atoms with van der Waals surface area (Å²) in [7, 11) is 3.07. The van der Waals surface area contributed by atoms with Gasteiger partial charge in [-0.2, -0.15) is 0 Å². The molecule has 0 saturated carbocycles. The monoisotopic (exact) mass is 467 g/mol. The molecular formula is C25H29N3O4S. The van der Waals surface area contributed by atoms with Crippen LogP contribution in [0.2, 0.25) is 0 Å². The van der Waals surface area contributed by atoms with E-state index < -0.39 is 0 Å². The highest BCUT2D eigenvalue weighted by molar-refractivity contribution is 7.18. The van der Waals surface area contributed by atoms with Crippen LogP contribution in [0.4, 0.5) is 5.69 Å². The molecular weight excluding hydrogens is 438 g/mol. The smallest absolute Gasteiger partial charge is 0.256 e. The molecule has 0 aliphatic carbocycles.